The van der Waals surface area contributed by atoms with Crippen molar-refractivity contribution in [3.05, 3.63) is 29.1 Å². The molecule has 2 aromatic rings. The normalized spacial score (nSPS) is 20.0. The van der Waals surface area contributed by atoms with Crippen molar-refractivity contribution in [2.45, 2.75) is 44.7 Å². The predicted molar refractivity (Wildman–Crippen MR) is 120 cm³/mol. The monoisotopic (exact) mass is 444 g/mol. The molecule has 3 heterocycles. The van der Waals surface area contributed by atoms with Crippen LogP contribution in [0.5, 0.6) is 11.5 Å². The zero-order valence-corrected chi connectivity index (χ0v) is 18.9. The van der Waals surface area contributed by atoms with Crippen molar-refractivity contribution in [3.63, 3.8) is 0 Å². The highest BCUT2D eigenvalue weighted by molar-refractivity contribution is 7.15. The van der Waals surface area contributed by atoms with Crippen LogP contribution in [0.25, 0.3) is 11.1 Å². The van der Waals surface area contributed by atoms with Gasteiger partial charge in [-0.25, -0.2) is 4.79 Å². The Kier molecular flexibility index (Phi) is 6.48. The summed E-state index contributed by atoms with van der Waals surface area (Å²) >= 11 is 1.33. The molecule has 2 bridgehead atoms. The Bertz CT molecular complexity index is 953. The Morgan fingerprint density at radius 3 is 2.39 bits per heavy atom. The summed E-state index contributed by atoms with van der Waals surface area (Å²) < 4.78 is 16.0. The lowest BCUT2D eigenvalue weighted by Gasteiger charge is -2.20. The van der Waals surface area contributed by atoms with Gasteiger partial charge in [0.05, 0.1) is 27.4 Å². The van der Waals surface area contributed by atoms with Gasteiger partial charge in [0.15, 0.2) is 11.5 Å². The first-order valence-electron chi connectivity index (χ1n) is 10.6. The Balaban J connectivity index is 1.60. The molecule has 31 heavy (non-hydrogen) atoms. The van der Waals surface area contributed by atoms with E-state index in [-0.39, 0.29) is 12.5 Å². The van der Waals surface area contributed by atoms with Crippen molar-refractivity contribution < 1.29 is 23.8 Å². The lowest BCUT2D eigenvalue weighted by atomic mass is 10.0. The van der Waals surface area contributed by atoms with Gasteiger partial charge in [-0.1, -0.05) is 6.07 Å². The summed E-state index contributed by atoms with van der Waals surface area (Å²) in [5, 5.41) is 5.35. The number of benzene rings is 1. The van der Waals surface area contributed by atoms with Gasteiger partial charge in [-0.05, 0) is 50.3 Å². The summed E-state index contributed by atoms with van der Waals surface area (Å²) in [6, 6.07) is 6.51. The maximum Gasteiger partial charge on any atom is 0.341 e. The van der Waals surface area contributed by atoms with Gasteiger partial charge < -0.3 is 19.5 Å². The fraction of sp³-hybridized carbons (Fsp3) is 0.478. The first-order chi connectivity index (χ1) is 15.0. The minimum atomic E-state index is -0.454. The molecule has 0 atom stereocenters. The van der Waals surface area contributed by atoms with Gasteiger partial charge in [0, 0.05) is 23.0 Å². The molecule has 0 saturated carbocycles. The van der Waals surface area contributed by atoms with Crippen molar-refractivity contribution in [1.29, 1.82) is 0 Å². The standard InChI is InChI=1S/C23H28N2O5S/c1-4-30-23(27)21-17(14-5-10-18(28-2)19(11-14)29-3)13-31-22(21)24-20(26)12-25-15-6-7-16(25)9-8-15/h5,10-11,13,15-16H,4,6-9,12H2,1-3H3,(H,24,26). The highest BCUT2D eigenvalue weighted by Crippen LogP contribution is 2.40. The maximum absolute atomic E-state index is 12.8. The SMILES string of the molecule is CCOC(=O)c1c(-c2ccc(OC)c(OC)c2)csc1NC(=O)CN1C2CCC1CC2. The first-order valence-corrected chi connectivity index (χ1v) is 11.5. The van der Waals surface area contributed by atoms with Crippen LogP contribution in [-0.2, 0) is 9.53 Å². The summed E-state index contributed by atoms with van der Waals surface area (Å²) in [5.41, 5.74) is 1.85. The van der Waals surface area contributed by atoms with Gasteiger partial charge in [-0.2, -0.15) is 0 Å². The molecule has 2 aliphatic rings. The molecule has 7 nitrogen and oxygen atoms in total. The van der Waals surface area contributed by atoms with Crippen molar-refractivity contribution in [3.8, 4) is 22.6 Å². The summed E-state index contributed by atoms with van der Waals surface area (Å²) in [5.74, 6) is 0.624. The molecule has 1 aromatic heterocycles. The number of amides is 1. The first kappa shape index (κ1) is 21.6. The fourth-order valence-electron chi connectivity index (χ4n) is 4.68. The van der Waals surface area contributed by atoms with Crippen LogP contribution in [0.1, 0.15) is 43.0 Å². The zero-order valence-electron chi connectivity index (χ0n) is 18.1. The topological polar surface area (TPSA) is 77.1 Å². The molecule has 0 radical (unpaired) electrons. The molecule has 8 heteroatoms. The number of nitrogens with zero attached hydrogens (tertiary/aromatic N) is 1. The van der Waals surface area contributed by atoms with Crippen LogP contribution in [-0.4, -0.2) is 56.2 Å². The number of rotatable bonds is 8. The van der Waals surface area contributed by atoms with E-state index < -0.39 is 5.97 Å². The molecular formula is C23H28N2O5S. The van der Waals surface area contributed by atoms with Crippen LogP contribution >= 0.6 is 11.3 Å². The highest BCUT2D eigenvalue weighted by Gasteiger charge is 2.40. The molecule has 166 valence electrons. The van der Waals surface area contributed by atoms with E-state index in [0.717, 1.165) is 5.56 Å². The van der Waals surface area contributed by atoms with Crippen molar-refractivity contribution >= 4 is 28.2 Å². The third kappa shape index (κ3) is 4.27. The second-order valence-corrected chi connectivity index (χ2v) is 8.71. The van der Waals surface area contributed by atoms with Gasteiger partial charge in [-0.3, -0.25) is 9.69 Å². The van der Waals surface area contributed by atoms with Crippen molar-refractivity contribution in [2.24, 2.45) is 0 Å². The lowest BCUT2D eigenvalue weighted by Crippen LogP contribution is -2.36. The smallest absolute Gasteiger partial charge is 0.341 e. The number of anilines is 1. The third-order valence-electron chi connectivity index (χ3n) is 6.15. The van der Waals surface area contributed by atoms with E-state index >= 15 is 0 Å². The van der Waals surface area contributed by atoms with Gasteiger partial charge >= 0.3 is 5.97 Å². The molecule has 0 aliphatic carbocycles. The molecule has 2 aliphatic heterocycles. The number of carbonyl (C=O) groups is 2. The van der Waals surface area contributed by atoms with Gasteiger partial charge in [0.25, 0.3) is 0 Å². The summed E-state index contributed by atoms with van der Waals surface area (Å²) in [4.78, 5) is 27.9. The largest absolute Gasteiger partial charge is 0.493 e. The minimum absolute atomic E-state index is 0.0925. The van der Waals surface area contributed by atoms with Crippen LogP contribution < -0.4 is 14.8 Å². The average molecular weight is 445 g/mol. The summed E-state index contributed by atoms with van der Waals surface area (Å²) in [6.07, 6.45) is 4.70. The molecule has 2 saturated heterocycles. The van der Waals surface area contributed by atoms with E-state index in [9.17, 15) is 9.59 Å². The van der Waals surface area contributed by atoms with Crippen LogP contribution in [0.2, 0.25) is 0 Å². The highest BCUT2D eigenvalue weighted by atomic mass is 32.1. The number of nitrogens with one attached hydrogen (secondary N) is 1. The van der Waals surface area contributed by atoms with Gasteiger partial charge in [0.2, 0.25) is 5.91 Å². The lowest BCUT2D eigenvalue weighted by molar-refractivity contribution is -0.117. The van der Waals surface area contributed by atoms with Crippen molar-refractivity contribution in [2.75, 3.05) is 32.7 Å². The van der Waals surface area contributed by atoms with Gasteiger partial charge in [0.1, 0.15) is 10.6 Å². The molecule has 4 rings (SSSR count). The van der Waals surface area contributed by atoms with Crippen LogP contribution in [0.4, 0.5) is 5.00 Å². The third-order valence-corrected chi connectivity index (χ3v) is 7.04. The number of thiophene rings is 1. The molecular weight excluding hydrogens is 416 g/mol. The molecule has 0 spiro atoms. The number of esters is 1. The number of ether oxygens (including phenoxy) is 3. The molecule has 1 N–H and O–H groups in total. The average Bonchev–Trinajstić information content (AvgIpc) is 3.48. The summed E-state index contributed by atoms with van der Waals surface area (Å²) in [7, 11) is 3.14. The Morgan fingerprint density at radius 2 is 1.77 bits per heavy atom. The van der Waals surface area contributed by atoms with Crippen molar-refractivity contribution in [1.82, 2.24) is 4.90 Å². The van der Waals surface area contributed by atoms with Crippen LogP contribution in [0, 0.1) is 0 Å². The number of hydrogen-bond acceptors (Lipinski definition) is 7. The predicted octanol–water partition coefficient (Wildman–Crippen LogP) is 4.17. The molecule has 1 aromatic carbocycles. The number of hydrogen-bond donors (Lipinski definition) is 1. The Morgan fingerprint density at radius 1 is 1.10 bits per heavy atom. The molecule has 2 fully saturated rings. The Hall–Kier alpha value is -2.58. The number of carbonyl (C=O) groups excluding carboxylic acids is 2. The zero-order chi connectivity index (χ0) is 22.0. The molecule has 0 unspecified atom stereocenters. The van der Waals surface area contributed by atoms with E-state index in [0.29, 0.717) is 46.3 Å². The maximum atomic E-state index is 12.8. The molecule has 1 amide bonds. The number of fused-ring (bicyclic) bond motifs is 2. The second kappa shape index (κ2) is 9.28. The Labute approximate surface area is 186 Å². The van der Waals surface area contributed by atoms with E-state index in [1.165, 1.54) is 37.0 Å². The quantitative estimate of drug-likeness (QED) is 0.616. The fourth-order valence-corrected chi connectivity index (χ4v) is 5.66. The number of methoxy groups -OCH3 is 2. The van der Waals surface area contributed by atoms with Gasteiger partial charge in [-0.15, -0.1) is 11.3 Å². The minimum Gasteiger partial charge on any atom is -0.493 e. The van der Waals surface area contributed by atoms with Crippen LogP contribution in [0.15, 0.2) is 23.6 Å². The second-order valence-electron chi connectivity index (χ2n) is 7.83. The van der Waals surface area contributed by atoms with E-state index in [2.05, 4.69) is 10.2 Å². The van der Waals surface area contributed by atoms with E-state index in [4.69, 9.17) is 14.2 Å². The van der Waals surface area contributed by atoms with E-state index in [1.54, 1.807) is 27.2 Å². The summed E-state index contributed by atoms with van der Waals surface area (Å²) in [6.45, 7) is 2.38. The van der Waals surface area contributed by atoms with E-state index in [1.807, 2.05) is 17.5 Å². The van der Waals surface area contributed by atoms with Crippen LogP contribution in [0.3, 0.4) is 0 Å².